The molecule has 0 bridgehead atoms. The van der Waals surface area contributed by atoms with E-state index >= 15 is 0 Å². The lowest BCUT2D eigenvalue weighted by molar-refractivity contribution is -0.121. The Hall–Kier alpha value is -2.55. The predicted octanol–water partition coefficient (Wildman–Crippen LogP) is 4.70. The predicted molar refractivity (Wildman–Crippen MR) is 132 cm³/mol. The van der Waals surface area contributed by atoms with Crippen LogP contribution in [-0.4, -0.2) is 55.2 Å². The highest BCUT2D eigenvalue weighted by Gasteiger charge is 2.30. The summed E-state index contributed by atoms with van der Waals surface area (Å²) < 4.78 is 23.0. The fraction of sp³-hybridized carbons (Fsp3) is 0.333. The highest BCUT2D eigenvalue weighted by atomic mass is 32.2. The van der Waals surface area contributed by atoms with Crippen LogP contribution in [0.15, 0.2) is 47.4 Å². The summed E-state index contributed by atoms with van der Waals surface area (Å²) in [5.41, 5.74) is 2.04. The SMILES string of the molecule is CCN1C(=O)C(=Cc2ccc(OCCOCCOc3ccc(C)cc3)c(OC)c2)SC1=S. The minimum Gasteiger partial charge on any atom is -0.493 e. The van der Waals surface area contributed by atoms with Gasteiger partial charge in [-0.15, -0.1) is 0 Å². The topological polar surface area (TPSA) is 57.2 Å². The van der Waals surface area contributed by atoms with Crippen LogP contribution >= 0.6 is 24.0 Å². The number of ether oxygens (including phenoxy) is 4. The smallest absolute Gasteiger partial charge is 0.266 e. The number of carbonyl (C=O) groups is 1. The maximum Gasteiger partial charge on any atom is 0.266 e. The van der Waals surface area contributed by atoms with Crippen LogP contribution in [-0.2, 0) is 9.53 Å². The molecule has 0 N–H and O–H groups in total. The van der Waals surface area contributed by atoms with E-state index in [0.29, 0.717) is 53.7 Å². The van der Waals surface area contributed by atoms with Gasteiger partial charge in [0.1, 0.15) is 23.3 Å². The number of aryl methyl sites for hydroxylation is 1. The number of likely N-dealkylation sites (N-methyl/N-ethyl adjacent to an activating group) is 1. The number of carbonyl (C=O) groups excluding carboxylic acids is 1. The van der Waals surface area contributed by atoms with E-state index in [2.05, 4.69) is 0 Å². The van der Waals surface area contributed by atoms with E-state index in [1.165, 1.54) is 17.3 Å². The van der Waals surface area contributed by atoms with Gasteiger partial charge in [0.15, 0.2) is 11.5 Å². The molecular weight excluding hydrogens is 446 g/mol. The van der Waals surface area contributed by atoms with Gasteiger partial charge in [-0.1, -0.05) is 47.7 Å². The number of methoxy groups -OCH3 is 1. The molecule has 2 aromatic carbocycles. The van der Waals surface area contributed by atoms with E-state index in [-0.39, 0.29) is 5.91 Å². The summed E-state index contributed by atoms with van der Waals surface area (Å²) in [6, 6.07) is 13.5. The number of hydrogen-bond acceptors (Lipinski definition) is 7. The first-order valence-corrected chi connectivity index (χ1v) is 11.6. The first kappa shape index (κ1) is 24.1. The largest absolute Gasteiger partial charge is 0.493 e. The average molecular weight is 474 g/mol. The molecule has 1 aliphatic rings. The molecule has 0 saturated carbocycles. The molecule has 0 atom stereocenters. The summed E-state index contributed by atoms with van der Waals surface area (Å²) in [5.74, 6) is 1.97. The van der Waals surface area contributed by atoms with Crippen LogP contribution in [0.2, 0.25) is 0 Å². The fourth-order valence-corrected chi connectivity index (χ4v) is 4.37. The summed E-state index contributed by atoms with van der Waals surface area (Å²) in [6.07, 6.45) is 1.82. The number of benzene rings is 2. The first-order chi connectivity index (χ1) is 15.5. The van der Waals surface area contributed by atoms with Crippen molar-refractivity contribution < 1.29 is 23.7 Å². The van der Waals surface area contributed by atoms with Gasteiger partial charge in [-0.2, -0.15) is 0 Å². The third-order valence-electron chi connectivity index (χ3n) is 4.68. The van der Waals surface area contributed by atoms with Crippen LogP contribution in [0.3, 0.4) is 0 Å². The van der Waals surface area contributed by atoms with E-state index in [0.717, 1.165) is 11.3 Å². The monoisotopic (exact) mass is 473 g/mol. The first-order valence-electron chi connectivity index (χ1n) is 10.3. The summed E-state index contributed by atoms with van der Waals surface area (Å²) in [5, 5.41) is 0. The maximum absolute atomic E-state index is 12.4. The number of thioether (sulfide) groups is 1. The summed E-state index contributed by atoms with van der Waals surface area (Å²) in [6.45, 7) is 6.28. The van der Waals surface area contributed by atoms with Crippen molar-refractivity contribution in [1.82, 2.24) is 4.90 Å². The van der Waals surface area contributed by atoms with Gasteiger partial charge < -0.3 is 18.9 Å². The van der Waals surface area contributed by atoms with Crippen molar-refractivity contribution in [1.29, 1.82) is 0 Å². The second-order valence-electron chi connectivity index (χ2n) is 6.96. The van der Waals surface area contributed by atoms with E-state index in [9.17, 15) is 4.79 Å². The lowest BCUT2D eigenvalue weighted by atomic mass is 10.2. The van der Waals surface area contributed by atoms with Crippen LogP contribution in [0.5, 0.6) is 17.2 Å². The zero-order chi connectivity index (χ0) is 22.9. The summed E-state index contributed by atoms with van der Waals surface area (Å²) >= 11 is 6.57. The molecule has 0 aliphatic carbocycles. The second-order valence-corrected chi connectivity index (χ2v) is 8.63. The van der Waals surface area contributed by atoms with Gasteiger partial charge in [-0.25, -0.2) is 0 Å². The Morgan fingerprint density at radius 1 is 1.00 bits per heavy atom. The molecule has 0 aromatic heterocycles. The fourth-order valence-electron chi connectivity index (χ4n) is 2.98. The van der Waals surface area contributed by atoms with Gasteiger partial charge in [0, 0.05) is 6.54 Å². The molecule has 8 heteroatoms. The van der Waals surface area contributed by atoms with Gasteiger partial charge in [0.25, 0.3) is 5.91 Å². The molecule has 6 nitrogen and oxygen atoms in total. The summed E-state index contributed by atoms with van der Waals surface area (Å²) in [4.78, 5) is 14.6. The molecule has 2 aromatic rings. The van der Waals surface area contributed by atoms with Gasteiger partial charge >= 0.3 is 0 Å². The highest BCUT2D eigenvalue weighted by Crippen LogP contribution is 2.34. The summed E-state index contributed by atoms with van der Waals surface area (Å²) in [7, 11) is 1.58. The van der Waals surface area contributed by atoms with Gasteiger partial charge in [-0.05, 0) is 49.8 Å². The molecule has 3 rings (SSSR count). The molecule has 32 heavy (non-hydrogen) atoms. The van der Waals surface area contributed by atoms with Crippen LogP contribution in [0.4, 0.5) is 0 Å². The highest BCUT2D eigenvalue weighted by molar-refractivity contribution is 8.26. The van der Waals surface area contributed by atoms with Gasteiger partial charge in [0.05, 0.1) is 25.2 Å². The Morgan fingerprint density at radius 2 is 1.72 bits per heavy atom. The zero-order valence-electron chi connectivity index (χ0n) is 18.5. The molecule has 170 valence electrons. The van der Waals surface area contributed by atoms with Crippen molar-refractivity contribution in [2.75, 3.05) is 40.1 Å². The van der Waals surface area contributed by atoms with Crippen LogP contribution in [0, 0.1) is 6.92 Å². The molecule has 0 spiro atoms. The lowest BCUT2D eigenvalue weighted by Crippen LogP contribution is -2.27. The third-order valence-corrected chi connectivity index (χ3v) is 6.06. The van der Waals surface area contributed by atoms with Crippen LogP contribution < -0.4 is 14.2 Å². The second kappa shape index (κ2) is 11.9. The van der Waals surface area contributed by atoms with E-state index in [1.807, 2.05) is 62.4 Å². The molecule has 1 amide bonds. The number of nitrogens with zero attached hydrogens (tertiary/aromatic N) is 1. The van der Waals surface area contributed by atoms with Gasteiger partial charge in [-0.3, -0.25) is 9.69 Å². The normalized spacial score (nSPS) is 14.8. The van der Waals surface area contributed by atoms with Crippen molar-refractivity contribution in [2.45, 2.75) is 13.8 Å². The average Bonchev–Trinajstić information content (AvgIpc) is 3.06. The van der Waals surface area contributed by atoms with Gasteiger partial charge in [0.2, 0.25) is 0 Å². The minimum absolute atomic E-state index is 0.0645. The number of hydrogen-bond donors (Lipinski definition) is 0. The molecule has 0 unspecified atom stereocenters. The van der Waals surface area contributed by atoms with Crippen LogP contribution in [0.1, 0.15) is 18.1 Å². The number of rotatable bonds is 11. The lowest BCUT2D eigenvalue weighted by Gasteiger charge is -2.12. The molecular formula is C24H27NO5S2. The number of thiocarbonyl (C=S) groups is 1. The third kappa shape index (κ3) is 6.48. The van der Waals surface area contributed by atoms with Crippen molar-refractivity contribution in [2.24, 2.45) is 0 Å². The molecule has 0 radical (unpaired) electrons. The van der Waals surface area contributed by atoms with Crippen molar-refractivity contribution in [3.63, 3.8) is 0 Å². The Morgan fingerprint density at radius 3 is 2.38 bits per heavy atom. The molecule has 1 heterocycles. The maximum atomic E-state index is 12.4. The molecule has 1 fully saturated rings. The quantitative estimate of drug-likeness (QED) is 0.266. The van der Waals surface area contributed by atoms with Crippen molar-refractivity contribution in [3.8, 4) is 17.2 Å². The Bertz CT molecular complexity index is 975. The van der Waals surface area contributed by atoms with E-state index in [4.69, 9.17) is 31.2 Å². The van der Waals surface area contributed by atoms with Crippen LogP contribution in [0.25, 0.3) is 6.08 Å². The van der Waals surface area contributed by atoms with Crippen molar-refractivity contribution >= 4 is 40.3 Å². The molecule has 1 aliphatic heterocycles. The Kier molecular flexibility index (Phi) is 8.96. The van der Waals surface area contributed by atoms with E-state index in [1.54, 1.807) is 12.0 Å². The van der Waals surface area contributed by atoms with Crippen molar-refractivity contribution in [3.05, 3.63) is 58.5 Å². The standard InChI is InChI=1S/C24H27NO5S2/c1-4-25-23(26)22(32-24(25)31)16-18-7-10-20(21(15-18)27-3)30-14-12-28-11-13-29-19-8-5-17(2)6-9-19/h5-10,15-16H,4,11-14H2,1-3H3. The Labute approximate surface area is 198 Å². The Balaban J connectivity index is 1.45. The van der Waals surface area contributed by atoms with E-state index < -0.39 is 0 Å². The number of amides is 1. The molecule has 1 saturated heterocycles. The minimum atomic E-state index is -0.0645. The zero-order valence-corrected chi connectivity index (χ0v) is 20.1.